The molecule has 0 bridgehead atoms. The first kappa shape index (κ1) is 24.8. The summed E-state index contributed by atoms with van der Waals surface area (Å²) in [5.41, 5.74) is 1.77. The minimum atomic E-state index is -4.26. The predicted molar refractivity (Wildman–Crippen MR) is 123 cm³/mol. The van der Waals surface area contributed by atoms with Crippen molar-refractivity contribution in [3.05, 3.63) is 59.7 Å². The van der Waals surface area contributed by atoms with Crippen LogP contribution in [0.25, 0.3) is 0 Å². The number of hydrazine groups is 1. The fraction of sp³-hybridized carbons (Fsp3) is 0.381. The van der Waals surface area contributed by atoms with Gasteiger partial charge in [-0.15, -0.1) is 4.83 Å². The Kier molecular flexibility index (Phi) is 7.50. The van der Waals surface area contributed by atoms with Gasteiger partial charge >= 0.3 is 6.03 Å². The van der Waals surface area contributed by atoms with Crippen molar-refractivity contribution in [2.75, 3.05) is 38.6 Å². The minimum absolute atomic E-state index is 0.0246. The van der Waals surface area contributed by atoms with E-state index in [2.05, 4.69) is 4.83 Å². The average molecular weight is 498 g/mol. The summed E-state index contributed by atoms with van der Waals surface area (Å²) in [5.74, 6) is 1.37. The van der Waals surface area contributed by atoms with E-state index in [-0.39, 0.29) is 6.54 Å². The van der Waals surface area contributed by atoms with E-state index in [1.807, 2.05) is 36.4 Å². The van der Waals surface area contributed by atoms with Gasteiger partial charge in [0, 0.05) is 12.8 Å². The van der Waals surface area contributed by atoms with Crippen LogP contribution in [0.5, 0.6) is 11.5 Å². The maximum Gasteiger partial charge on any atom is 0.335 e. The first-order valence-electron chi connectivity index (χ1n) is 10.0. The molecule has 1 atom stereocenters. The van der Waals surface area contributed by atoms with Crippen molar-refractivity contribution in [1.29, 1.82) is 0 Å². The second kappa shape index (κ2) is 9.98. The lowest BCUT2D eigenvalue weighted by Gasteiger charge is -2.23. The Hall–Kier alpha value is -2.83. The monoisotopic (exact) mass is 497 g/mol. The van der Waals surface area contributed by atoms with Crippen molar-refractivity contribution in [1.82, 2.24) is 14.7 Å². The van der Waals surface area contributed by atoms with Crippen molar-refractivity contribution in [3.8, 4) is 11.5 Å². The summed E-state index contributed by atoms with van der Waals surface area (Å²) >= 11 is 0. The molecule has 1 aliphatic rings. The molecule has 10 nitrogen and oxygen atoms in total. The number of sulfonamides is 1. The summed E-state index contributed by atoms with van der Waals surface area (Å²) in [6, 6.07) is 13.6. The number of ether oxygens (including phenoxy) is 2. The molecule has 1 fully saturated rings. The normalized spacial score (nSPS) is 16.8. The van der Waals surface area contributed by atoms with E-state index in [0.29, 0.717) is 18.7 Å². The molecule has 3 rings (SSSR count). The highest BCUT2D eigenvalue weighted by molar-refractivity contribution is 8.06. The SMILES string of the molecule is COc1ccc(CCN2C(=O)N(NS(=O)(=O)CS(C)(=O)=O)CC2c2ccc(OC)cc2)cc1. The van der Waals surface area contributed by atoms with E-state index in [1.54, 1.807) is 31.3 Å². The number of nitrogens with zero attached hydrogens (tertiary/aromatic N) is 2. The van der Waals surface area contributed by atoms with Crippen LogP contribution in [0.1, 0.15) is 17.2 Å². The highest BCUT2D eigenvalue weighted by atomic mass is 32.3. The number of sulfone groups is 1. The van der Waals surface area contributed by atoms with E-state index >= 15 is 0 Å². The number of hydrogen-bond acceptors (Lipinski definition) is 7. The molecule has 0 saturated carbocycles. The number of carbonyl (C=O) groups is 1. The minimum Gasteiger partial charge on any atom is -0.497 e. The van der Waals surface area contributed by atoms with E-state index < -0.39 is 37.0 Å². The van der Waals surface area contributed by atoms with Crippen molar-refractivity contribution in [3.63, 3.8) is 0 Å². The van der Waals surface area contributed by atoms with Crippen molar-refractivity contribution >= 4 is 25.9 Å². The van der Waals surface area contributed by atoms with Crippen LogP contribution < -0.4 is 14.3 Å². The van der Waals surface area contributed by atoms with Crippen LogP contribution in [-0.2, 0) is 26.3 Å². The molecule has 0 radical (unpaired) electrons. The van der Waals surface area contributed by atoms with Gasteiger partial charge in [-0.05, 0) is 41.8 Å². The Morgan fingerprint density at radius 2 is 1.48 bits per heavy atom. The first-order chi connectivity index (χ1) is 15.5. The largest absolute Gasteiger partial charge is 0.497 e. The molecule has 2 aromatic carbocycles. The Balaban J connectivity index is 1.82. The van der Waals surface area contributed by atoms with Crippen LogP contribution in [0.15, 0.2) is 48.5 Å². The molecule has 1 aliphatic heterocycles. The number of benzene rings is 2. The fourth-order valence-corrected chi connectivity index (χ4v) is 6.55. The fourth-order valence-electron chi connectivity index (χ4n) is 3.59. The number of carbonyl (C=O) groups excluding carboxylic acids is 1. The third kappa shape index (κ3) is 6.59. The van der Waals surface area contributed by atoms with E-state index in [1.165, 1.54) is 0 Å². The maximum absolute atomic E-state index is 13.1. The number of methoxy groups -OCH3 is 2. The van der Waals surface area contributed by atoms with Gasteiger partial charge in [0.05, 0.1) is 26.8 Å². The summed E-state index contributed by atoms with van der Waals surface area (Å²) in [6.07, 6.45) is 1.35. The van der Waals surface area contributed by atoms with Gasteiger partial charge in [-0.2, -0.15) is 0 Å². The smallest absolute Gasteiger partial charge is 0.335 e. The van der Waals surface area contributed by atoms with Crippen molar-refractivity contribution in [2.45, 2.75) is 12.5 Å². The number of amides is 2. The molecule has 1 N–H and O–H groups in total. The highest BCUT2D eigenvalue weighted by Gasteiger charge is 2.40. The molecular formula is C21H27N3O7S2. The average Bonchev–Trinajstić information content (AvgIpc) is 3.05. The number of urea groups is 1. The van der Waals surface area contributed by atoms with Gasteiger partial charge in [-0.25, -0.2) is 26.6 Å². The molecular weight excluding hydrogens is 470 g/mol. The zero-order valence-corrected chi connectivity index (χ0v) is 20.2. The van der Waals surface area contributed by atoms with Crippen LogP contribution in [0.3, 0.4) is 0 Å². The van der Waals surface area contributed by atoms with Gasteiger partial charge < -0.3 is 14.4 Å². The van der Waals surface area contributed by atoms with Crippen molar-refractivity contribution < 1.29 is 31.1 Å². The molecule has 1 saturated heterocycles. The van der Waals surface area contributed by atoms with Crippen LogP contribution >= 0.6 is 0 Å². The quantitative estimate of drug-likeness (QED) is 0.529. The van der Waals surface area contributed by atoms with Gasteiger partial charge in [0.15, 0.2) is 14.9 Å². The van der Waals surface area contributed by atoms with Crippen LogP contribution in [0, 0.1) is 0 Å². The lowest BCUT2D eigenvalue weighted by molar-refractivity contribution is 0.182. The molecule has 0 aromatic heterocycles. The van der Waals surface area contributed by atoms with E-state index in [9.17, 15) is 21.6 Å². The number of nitrogens with one attached hydrogen (secondary N) is 1. The highest BCUT2D eigenvalue weighted by Crippen LogP contribution is 2.30. The summed E-state index contributed by atoms with van der Waals surface area (Å²) in [5, 5.41) is -0.160. The molecule has 0 aliphatic carbocycles. The van der Waals surface area contributed by atoms with Gasteiger partial charge in [0.2, 0.25) is 10.0 Å². The lowest BCUT2D eigenvalue weighted by Crippen LogP contribution is -2.46. The van der Waals surface area contributed by atoms with Crippen LogP contribution in [-0.4, -0.2) is 71.4 Å². The second-order valence-electron chi connectivity index (χ2n) is 7.72. The molecule has 180 valence electrons. The molecule has 33 heavy (non-hydrogen) atoms. The topological polar surface area (TPSA) is 122 Å². The number of hydrogen-bond donors (Lipinski definition) is 1. The zero-order valence-electron chi connectivity index (χ0n) is 18.6. The number of rotatable bonds is 10. The first-order valence-corrected chi connectivity index (χ1v) is 13.8. The molecule has 1 unspecified atom stereocenters. The van der Waals surface area contributed by atoms with E-state index in [0.717, 1.165) is 28.1 Å². The van der Waals surface area contributed by atoms with Crippen molar-refractivity contribution in [2.24, 2.45) is 0 Å². The van der Waals surface area contributed by atoms with Gasteiger partial charge in [-0.3, -0.25) is 0 Å². The maximum atomic E-state index is 13.1. The summed E-state index contributed by atoms with van der Waals surface area (Å²) in [7, 11) is -4.94. The summed E-state index contributed by atoms with van der Waals surface area (Å²) in [6.45, 7) is 0.350. The molecule has 2 amide bonds. The predicted octanol–water partition coefficient (Wildman–Crippen LogP) is 1.56. The molecule has 0 spiro atoms. The molecule has 1 heterocycles. The van der Waals surface area contributed by atoms with Gasteiger partial charge in [0.25, 0.3) is 0 Å². The van der Waals surface area contributed by atoms with Crippen LogP contribution in [0.4, 0.5) is 4.79 Å². The summed E-state index contributed by atoms with van der Waals surface area (Å²) < 4.78 is 57.9. The molecule has 2 aromatic rings. The second-order valence-corrected chi connectivity index (χ2v) is 11.9. The third-order valence-electron chi connectivity index (χ3n) is 5.13. The van der Waals surface area contributed by atoms with Gasteiger partial charge in [0.1, 0.15) is 11.5 Å². The van der Waals surface area contributed by atoms with Crippen LogP contribution in [0.2, 0.25) is 0 Å². The lowest BCUT2D eigenvalue weighted by atomic mass is 10.1. The standard InChI is InChI=1S/C21H27N3O7S2/c1-30-18-8-4-16(5-9-18)12-13-23-20(17-6-10-19(31-2)11-7-17)14-24(21(23)25)22-33(28,29)15-32(3,26)27/h4-11,20,22H,12-15H2,1-3H3. The Bertz CT molecular complexity index is 1180. The van der Waals surface area contributed by atoms with E-state index in [4.69, 9.17) is 9.47 Å². The van der Waals surface area contributed by atoms with Gasteiger partial charge in [-0.1, -0.05) is 24.3 Å². The Labute approximate surface area is 194 Å². The zero-order chi connectivity index (χ0) is 24.2. The Morgan fingerprint density at radius 1 is 0.939 bits per heavy atom. The third-order valence-corrected chi connectivity index (χ3v) is 8.58. The molecule has 12 heteroatoms. The summed E-state index contributed by atoms with van der Waals surface area (Å²) in [4.78, 5) is 16.8. The Morgan fingerprint density at radius 3 is 2.00 bits per heavy atom.